The summed E-state index contributed by atoms with van der Waals surface area (Å²) < 4.78 is 5.93. The molecule has 1 aromatic heterocycles. The minimum absolute atomic E-state index is 0.0773. The molecule has 2 aliphatic rings. The number of nitrogens with zero attached hydrogens (tertiary/aromatic N) is 1. The van der Waals surface area contributed by atoms with Gasteiger partial charge in [-0.15, -0.1) is 0 Å². The van der Waals surface area contributed by atoms with Gasteiger partial charge >= 0.3 is 0 Å². The fourth-order valence-electron chi connectivity index (χ4n) is 5.17. The van der Waals surface area contributed by atoms with Gasteiger partial charge in [-0.25, -0.2) is 0 Å². The lowest BCUT2D eigenvalue weighted by molar-refractivity contribution is 0.0501. The molecule has 2 unspecified atom stereocenters. The van der Waals surface area contributed by atoms with E-state index in [-0.39, 0.29) is 18.1 Å². The van der Waals surface area contributed by atoms with E-state index in [1.54, 1.807) is 0 Å². The average Bonchev–Trinajstić information content (AvgIpc) is 3.53. The highest BCUT2D eigenvalue weighted by Gasteiger charge is 2.41. The lowest BCUT2D eigenvalue weighted by Gasteiger charge is -2.28. The Kier molecular flexibility index (Phi) is 4.78. The van der Waals surface area contributed by atoms with Crippen LogP contribution in [0.15, 0.2) is 72.8 Å². The topological polar surface area (TPSA) is 45.3 Å². The van der Waals surface area contributed by atoms with Crippen LogP contribution < -0.4 is 0 Å². The van der Waals surface area contributed by atoms with Crippen molar-refractivity contribution in [3.63, 3.8) is 0 Å². The second kappa shape index (κ2) is 7.80. The number of halogens is 1. The number of aromatic nitrogens is 1. The Morgan fingerprint density at radius 2 is 1.78 bits per heavy atom. The summed E-state index contributed by atoms with van der Waals surface area (Å²) in [6.07, 6.45) is 2.12. The van der Waals surface area contributed by atoms with E-state index < -0.39 is 0 Å². The molecule has 0 spiro atoms. The highest BCUT2D eigenvalue weighted by molar-refractivity contribution is 6.30. The third-order valence-corrected chi connectivity index (χ3v) is 6.89. The number of carbonyl (C=O) groups is 1. The molecule has 0 bridgehead atoms. The van der Waals surface area contributed by atoms with Crippen molar-refractivity contribution in [2.45, 2.75) is 25.0 Å². The van der Waals surface area contributed by atoms with Crippen molar-refractivity contribution in [3.8, 4) is 11.3 Å². The molecule has 1 amide bonds. The fraction of sp³-hybridized carbons (Fsp3) is 0.222. The van der Waals surface area contributed by atoms with Gasteiger partial charge in [0.1, 0.15) is 0 Å². The van der Waals surface area contributed by atoms with Crippen molar-refractivity contribution in [3.05, 3.63) is 94.5 Å². The maximum Gasteiger partial charge on any atom is 0.255 e. The molecular weight excluding hydrogens is 420 g/mol. The third-order valence-electron chi connectivity index (χ3n) is 6.64. The fourth-order valence-corrected chi connectivity index (χ4v) is 5.30. The maximum absolute atomic E-state index is 13.6. The van der Waals surface area contributed by atoms with Gasteiger partial charge in [0.15, 0.2) is 0 Å². The summed E-state index contributed by atoms with van der Waals surface area (Å²) in [6, 6.07) is 24.0. The summed E-state index contributed by atoms with van der Waals surface area (Å²) in [4.78, 5) is 19.2. The minimum atomic E-state index is -0.176. The first-order valence-corrected chi connectivity index (χ1v) is 11.5. The second-order valence-electron chi connectivity index (χ2n) is 8.55. The second-order valence-corrected chi connectivity index (χ2v) is 8.98. The molecule has 3 aromatic carbocycles. The van der Waals surface area contributed by atoms with Crippen molar-refractivity contribution < 1.29 is 9.53 Å². The van der Waals surface area contributed by atoms with Crippen LogP contribution in [0.5, 0.6) is 0 Å². The summed E-state index contributed by atoms with van der Waals surface area (Å²) in [7, 11) is 0. The number of amides is 1. The van der Waals surface area contributed by atoms with Crippen molar-refractivity contribution in [2.75, 3.05) is 13.2 Å². The molecule has 160 valence electrons. The molecule has 1 N–H and O–H groups in total. The van der Waals surface area contributed by atoms with Crippen LogP contribution in [-0.2, 0) is 4.74 Å². The standard InChI is InChI=1S/C27H23ClN2O2/c28-18-13-11-17(12-14-18)25-24(22-9-3-4-10-23(22)29-25)26-20-7-1-2-8-21(20)27(31)30(26)16-19-6-5-15-32-19/h1-4,7-14,19,26,29H,5-6,15-16H2. The van der Waals surface area contributed by atoms with Gasteiger partial charge < -0.3 is 14.6 Å². The molecule has 0 saturated carbocycles. The number of hydrogen-bond acceptors (Lipinski definition) is 2. The molecule has 4 nitrogen and oxygen atoms in total. The molecule has 1 fully saturated rings. The van der Waals surface area contributed by atoms with Crippen LogP contribution in [0.25, 0.3) is 22.2 Å². The van der Waals surface area contributed by atoms with Gasteiger partial charge in [-0.1, -0.05) is 60.1 Å². The van der Waals surface area contributed by atoms with E-state index in [0.29, 0.717) is 11.6 Å². The number of para-hydroxylation sites is 1. The van der Waals surface area contributed by atoms with Crippen molar-refractivity contribution in [2.24, 2.45) is 0 Å². The first-order valence-electron chi connectivity index (χ1n) is 11.1. The lowest BCUT2D eigenvalue weighted by atomic mass is 9.93. The highest BCUT2D eigenvalue weighted by atomic mass is 35.5. The summed E-state index contributed by atoms with van der Waals surface area (Å²) in [5.74, 6) is 0.0773. The quantitative estimate of drug-likeness (QED) is 0.408. The van der Waals surface area contributed by atoms with Crippen LogP contribution in [-0.4, -0.2) is 35.0 Å². The predicted octanol–water partition coefficient (Wildman–Crippen LogP) is 6.21. The van der Waals surface area contributed by atoms with E-state index in [2.05, 4.69) is 29.2 Å². The molecule has 4 aromatic rings. The van der Waals surface area contributed by atoms with Crippen LogP contribution in [0.2, 0.25) is 5.02 Å². The van der Waals surface area contributed by atoms with E-state index in [0.717, 1.165) is 58.3 Å². The Bertz CT molecular complexity index is 1300. The summed E-state index contributed by atoms with van der Waals surface area (Å²) in [5, 5.41) is 1.83. The first kappa shape index (κ1) is 19.6. The third kappa shape index (κ3) is 3.14. The van der Waals surface area contributed by atoms with Crippen LogP contribution in [0.1, 0.15) is 40.4 Å². The number of carbonyl (C=O) groups excluding carboxylic acids is 1. The Labute approximate surface area is 191 Å². The summed E-state index contributed by atoms with van der Waals surface area (Å²) >= 11 is 6.17. The zero-order valence-electron chi connectivity index (χ0n) is 17.6. The number of fused-ring (bicyclic) bond motifs is 2. The molecular formula is C27H23ClN2O2. The van der Waals surface area contributed by atoms with Gasteiger partial charge in [0.2, 0.25) is 0 Å². The number of hydrogen-bond donors (Lipinski definition) is 1. The van der Waals surface area contributed by atoms with Gasteiger partial charge in [-0.05, 0) is 48.2 Å². The number of aromatic amines is 1. The zero-order chi connectivity index (χ0) is 21.7. The molecule has 2 aliphatic heterocycles. The number of ether oxygens (including phenoxy) is 1. The van der Waals surface area contributed by atoms with E-state index in [9.17, 15) is 4.79 Å². The van der Waals surface area contributed by atoms with Crippen LogP contribution in [0.4, 0.5) is 0 Å². The van der Waals surface area contributed by atoms with Gasteiger partial charge in [0.25, 0.3) is 5.91 Å². The van der Waals surface area contributed by atoms with E-state index in [1.807, 2.05) is 53.4 Å². The predicted molar refractivity (Wildman–Crippen MR) is 127 cm³/mol. The maximum atomic E-state index is 13.6. The molecule has 32 heavy (non-hydrogen) atoms. The highest BCUT2D eigenvalue weighted by Crippen LogP contribution is 2.45. The normalized spacial score (nSPS) is 20.3. The lowest BCUT2D eigenvalue weighted by Crippen LogP contribution is -2.35. The summed E-state index contributed by atoms with van der Waals surface area (Å²) in [6.45, 7) is 1.37. The molecule has 6 rings (SSSR count). The summed E-state index contributed by atoms with van der Waals surface area (Å²) in [5.41, 5.74) is 6.09. The van der Waals surface area contributed by atoms with Crippen LogP contribution in [0.3, 0.4) is 0 Å². The number of nitrogens with one attached hydrogen (secondary N) is 1. The molecule has 1 saturated heterocycles. The smallest absolute Gasteiger partial charge is 0.255 e. The first-order chi connectivity index (χ1) is 15.7. The SMILES string of the molecule is O=C1c2ccccc2C(c2c(-c3ccc(Cl)cc3)[nH]c3ccccc23)N1CC1CCCO1. The van der Waals surface area contributed by atoms with Crippen LogP contribution >= 0.6 is 11.6 Å². The van der Waals surface area contributed by atoms with E-state index >= 15 is 0 Å². The molecule has 2 atom stereocenters. The van der Waals surface area contributed by atoms with Gasteiger partial charge in [0.05, 0.1) is 17.8 Å². The van der Waals surface area contributed by atoms with Crippen molar-refractivity contribution in [1.82, 2.24) is 9.88 Å². The van der Waals surface area contributed by atoms with E-state index in [1.165, 1.54) is 0 Å². The largest absolute Gasteiger partial charge is 0.376 e. The number of benzene rings is 3. The Hall–Kier alpha value is -3.08. The molecule has 3 heterocycles. The monoisotopic (exact) mass is 442 g/mol. The Morgan fingerprint density at radius 1 is 1.00 bits per heavy atom. The zero-order valence-corrected chi connectivity index (χ0v) is 18.3. The average molecular weight is 443 g/mol. The Morgan fingerprint density at radius 3 is 2.59 bits per heavy atom. The van der Waals surface area contributed by atoms with Crippen molar-refractivity contribution in [1.29, 1.82) is 0 Å². The van der Waals surface area contributed by atoms with Gasteiger partial charge in [-0.2, -0.15) is 0 Å². The minimum Gasteiger partial charge on any atom is -0.376 e. The van der Waals surface area contributed by atoms with Gasteiger partial charge in [0, 0.05) is 40.2 Å². The number of rotatable bonds is 4. The van der Waals surface area contributed by atoms with E-state index in [4.69, 9.17) is 16.3 Å². The number of H-pyrrole nitrogens is 1. The molecule has 0 radical (unpaired) electrons. The Balaban J connectivity index is 1.57. The van der Waals surface area contributed by atoms with Crippen LogP contribution in [0, 0.1) is 0 Å². The van der Waals surface area contributed by atoms with Crippen molar-refractivity contribution >= 4 is 28.4 Å². The van der Waals surface area contributed by atoms with Gasteiger partial charge in [-0.3, -0.25) is 4.79 Å². The molecule has 5 heteroatoms. The molecule has 0 aliphatic carbocycles.